The molecule has 0 aromatic heterocycles. The number of urea groups is 1. The molecule has 2 aliphatic rings. The Morgan fingerprint density at radius 2 is 1.97 bits per heavy atom. The number of hydrogen-bond acceptors (Lipinski definition) is 4. The highest BCUT2D eigenvalue weighted by molar-refractivity contribution is 6.09. The van der Waals surface area contributed by atoms with Gasteiger partial charge in [-0.25, -0.2) is 9.18 Å². The molecule has 1 aliphatic carbocycles. The lowest BCUT2D eigenvalue weighted by Crippen LogP contribution is -2.54. The second-order valence-corrected chi connectivity index (χ2v) is 8.91. The summed E-state index contributed by atoms with van der Waals surface area (Å²) in [7, 11) is 0. The quantitative estimate of drug-likeness (QED) is 0.562. The molecule has 1 aliphatic heterocycles. The summed E-state index contributed by atoms with van der Waals surface area (Å²) < 4.78 is 18.3. The lowest BCUT2D eigenvalue weighted by Gasteiger charge is -2.43. The number of nitrogens with one attached hydrogen (secondary N) is 2. The third kappa shape index (κ3) is 4.86. The Hall–Kier alpha value is -2.64. The van der Waals surface area contributed by atoms with Gasteiger partial charge >= 0.3 is 6.03 Å². The molecule has 1 heterocycles. The first-order valence-electron chi connectivity index (χ1n) is 9.89. The minimum Gasteiger partial charge on any atom is -0.492 e. The maximum absolute atomic E-state index is 13.0. The lowest BCUT2D eigenvalue weighted by molar-refractivity contribution is -0.137. The first kappa shape index (κ1) is 21.1. The van der Waals surface area contributed by atoms with Crippen molar-refractivity contribution in [1.82, 2.24) is 15.5 Å². The SMILES string of the molecule is CC1CC(C)(C)CC2(C1)NC(=O)N(CC(=O)NCCOc1ccc(F)cc1)C2=O. The summed E-state index contributed by atoms with van der Waals surface area (Å²) >= 11 is 0. The van der Waals surface area contributed by atoms with E-state index in [-0.39, 0.29) is 36.8 Å². The molecule has 4 amide bonds. The van der Waals surface area contributed by atoms with Gasteiger partial charge in [0.15, 0.2) is 0 Å². The second kappa shape index (κ2) is 8.00. The molecule has 7 nitrogen and oxygen atoms in total. The van der Waals surface area contributed by atoms with Crippen molar-refractivity contribution < 1.29 is 23.5 Å². The number of rotatable bonds is 6. The molecule has 1 saturated heterocycles. The molecule has 1 saturated carbocycles. The van der Waals surface area contributed by atoms with Crippen molar-refractivity contribution in [3.8, 4) is 5.75 Å². The molecular weight excluding hydrogens is 377 g/mol. The number of imide groups is 1. The molecule has 0 bridgehead atoms. The van der Waals surface area contributed by atoms with Crippen LogP contribution in [0.4, 0.5) is 9.18 Å². The molecule has 1 aromatic carbocycles. The van der Waals surface area contributed by atoms with Crippen molar-refractivity contribution >= 4 is 17.8 Å². The number of carbonyl (C=O) groups is 3. The Morgan fingerprint density at radius 1 is 1.28 bits per heavy atom. The Bertz CT molecular complexity index is 796. The normalized spacial score (nSPS) is 25.8. The van der Waals surface area contributed by atoms with Gasteiger partial charge in [-0.2, -0.15) is 0 Å². The summed E-state index contributed by atoms with van der Waals surface area (Å²) in [6.45, 7) is 6.35. The fraction of sp³-hybridized carbons (Fsp3) is 0.571. The van der Waals surface area contributed by atoms with Gasteiger partial charge < -0.3 is 15.4 Å². The maximum atomic E-state index is 13.0. The summed E-state index contributed by atoms with van der Waals surface area (Å²) in [4.78, 5) is 38.6. The Kier molecular flexibility index (Phi) is 5.82. The summed E-state index contributed by atoms with van der Waals surface area (Å²) in [6.07, 6.45) is 2.15. The number of nitrogens with zero attached hydrogens (tertiary/aromatic N) is 1. The van der Waals surface area contributed by atoms with Crippen LogP contribution in [0.1, 0.15) is 40.0 Å². The van der Waals surface area contributed by atoms with Crippen LogP contribution >= 0.6 is 0 Å². The molecule has 1 aromatic rings. The lowest BCUT2D eigenvalue weighted by atomic mass is 9.64. The second-order valence-electron chi connectivity index (χ2n) is 8.91. The number of carbonyl (C=O) groups excluding carboxylic acids is 3. The fourth-order valence-electron chi connectivity index (χ4n) is 4.74. The van der Waals surface area contributed by atoms with Crippen LogP contribution < -0.4 is 15.4 Å². The third-order valence-corrected chi connectivity index (χ3v) is 5.43. The molecule has 0 radical (unpaired) electrons. The predicted molar refractivity (Wildman–Crippen MR) is 105 cm³/mol. The van der Waals surface area contributed by atoms with Gasteiger partial charge in [-0.1, -0.05) is 20.8 Å². The van der Waals surface area contributed by atoms with Gasteiger partial charge in [-0.05, 0) is 54.9 Å². The average Bonchev–Trinajstić information content (AvgIpc) is 2.82. The Labute approximate surface area is 170 Å². The number of hydrogen-bond donors (Lipinski definition) is 2. The molecule has 2 atom stereocenters. The van der Waals surface area contributed by atoms with Gasteiger partial charge in [0, 0.05) is 0 Å². The van der Waals surface area contributed by atoms with Crippen molar-refractivity contribution in [1.29, 1.82) is 0 Å². The molecular formula is C21H28FN3O4. The van der Waals surface area contributed by atoms with Crippen LogP contribution in [0.3, 0.4) is 0 Å². The number of ether oxygens (including phenoxy) is 1. The van der Waals surface area contributed by atoms with E-state index >= 15 is 0 Å². The largest absolute Gasteiger partial charge is 0.492 e. The average molecular weight is 405 g/mol. The topological polar surface area (TPSA) is 87.7 Å². The van der Waals surface area contributed by atoms with Crippen LogP contribution in [0.15, 0.2) is 24.3 Å². The highest BCUT2D eigenvalue weighted by Gasteiger charge is 2.56. The first-order valence-corrected chi connectivity index (χ1v) is 9.89. The zero-order chi connectivity index (χ0) is 21.2. The van der Waals surface area contributed by atoms with Gasteiger partial charge in [0.2, 0.25) is 5.91 Å². The standard InChI is InChI=1S/C21H28FN3O4/c1-14-10-20(2,3)13-21(11-14)18(27)25(19(28)24-21)12-17(26)23-8-9-29-16-6-4-15(22)5-7-16/h4-7,14H,8-13H2,1-3H3,(H,23,26)(H,24,28). The maximum Gasteiger partial charge on any atom is 0.325 e. The Balaban J connectivity index is 1.50. The van der Waals surface area contributed by atoms with Gasteiger partial charge in [-0.3, -0.25) is 14.5 Å². The summed E-state index contributed by atoms with van der Waals surface area (Å²) in [5.41, 5.74) is -0.971. The molecule has 3 rings (SSSR count). The van der Waals surface area contributed by atoms with E-state index in [1.165, 1.54) is 24.3 Å². The van der Waals surface area contributed by atoms with E-state index in [4.69, 9.17) is 4.74 Å². The van der Waals surface area contributed by atoms with Crippen LogP contribution in [0.5, 0.6) is 5.75 Å². The molecule has 8 heteroatoms. The smallest absolute Gasteiger partial charge is 0.325 e. The van der Waals surface area contributed by atoms with Gasteiger partial charge in [0.05, 0.1) is 6.54 Å². The highest BCUT2D eigenvalue weighted by Crippen LogP contribution is 2.46. The van der Waals surface area contributed by atoms with Gasteiger partial charge in [0.1, 0.15) is 30.3 Å². The summed E-state index contributed by atoms with van der Waals surface area (Å²) in [5, 5.41) is 5.49. The summed E-state index contributed by atoms with van der Waals surface area (Å²) in [6, 6.07) is 5.05. The van der Waals surface area contributed by atoms with Gasteiger partial charge in [0.25, 0.3) is 5.91 Å². The van der Waals surface area contributed by atoms with E-state index in [1.807, 2.05) is 0 Å². The van der Waals surface area contributed by atoms with Crippen molar-refractivity contribution in [2.45, 2.75) is 45.6 Å². The predicted octanol–water partition coefficient (Wildman–Crippen LogP) is 2.46. The van der Waals surface area contributed by atoms with E-state index < -0.39 is 17.5 Å². The van der Waals surface area contributed by atoms with Crippen LogP contribution in [0.2, 0.25) is 0 Å². The minimum atomic E-state index is -0.912. The van der Waals surface area contributed by atoms with Crippen molar-refractivity contribution in [3.63, 3.8) is 0 Å². The van der Waals surface area contributed by atoms with E-state index in [2.05, 4.69) is 31.4 Å². The van der Waals surface area contributed by atoms with Crippen LogP contribution in [-0.2, 0) is 9.59 Å². The van der Waals surface area contributed by atoms with Crippen molar-refractivity contribution in [2.24, 2.45) is 11.3 Å². The fourth-order valence-corrected chi connectivity index (χ4v) is 4.74. The third-order valence-electron chi connectivity index (χ3n) is 5.43. The number of amides is 4. The van der Waals surface area contributed by atoms with Crippen molar-refractivity contribution in [3.05, 3.63) is 30.1 Å². The Morgan fingerprint density at radius 3 is 2.62 bits per heavy atom. The highest BCUT2D eigenvalue weighted by atomic mass is 19.1. The van der Waals surface area contributed by atoms with Crippen molar-refractivity contribution in [2.75, 3.05) is 19.7 Å². The van der Waals surface area contributed by atoms with Crippen LogP contribution in [0.25, 0.3) is 0 Å². The molecule has 29 heavy (non-hydrogen) atoms. The van der Waals surface area contributed by atoms with Crippen LogP contribution in [-0.4, -0.2) is 48.0 Å². The van der Waals surface area contributed by atoms with E-state index in [9.17, 15) is 18.8 Å². The molecule has 1 spiro atoms. The molecule has 2 unspecified atom stereocenters. The number of halogens is 1. The van der Waals surface area contributed by atoms with E-state index in [1.54, 1.807) is 0 Å². The zero-order valence-electron chi connectivity index (χ0n) is 17.1. The zero-order valence-corrected chi connectivity index (χ0v) is 17.1. The van der Waals surface area contributed by atoms with Crippen LogP contribution in [0, 0.1) is 17.2 Å². The summed E-state index contributed by atoms with van der Waals surface area (Å²) in [5.74, 6) is -0.310. The number of benzene rings is 1. The molecule has 158 valence electrons. The van der Waals surface area contributed by atoms with Gasteiger partial charge in [-0.15, -0.1) is 0 Å². The molecule has 2 fully saturated rings. The first-order chi connectivity index (χ1) is 13.6. The minimum absolute atomic E-state index is 0.0590. The van der Waals surface area contributed by atoms with E-state index in [0.29, 0.717) is 24.5 Å². The monoisotopic (exact) mass is 405 g/mol. The van der Waals surface area contributed by atoms with E-state index in [0.717, 1.165) is 11.3 Å². The molecule has 2 N–H and O–H groups in total.